The minimum atomic E-state index is -0.567. The Balaban J connectivity index is 2.28. The molecule has 1 aliphatic heterocycles. The van der Waals surface area contributed by atoms with Gasteiger partial charge in [-0.25, -0.2) is 4.79 Å². The highest BCUT2D eigenvalue weighted by atomic mass is 16.6. The number of carbonyl (C=O) groups excluding carboxylic acids is 2. The van der Waals surface area contributed by atoms with E-state index in [0.29, 0.717) is 67.3 Å². The summed E-state index contributed by atoms with van der Waals surface area (Å²) in [5.41, 5.74) is -0.235. The monoisotopic (exact) mass is 466 g/mol. The van der Waals surface area contributed by atoms with Crippen molar-refractivity contribution in [3.8, 4) is 23.0 Å². The number of amides is 2. The fourth-order valence-electron chi connectivity index (χ4n) is 3.42. The Morgan fingerprint density at radius 2 is 1.48 bits per heavy atom. The van der Waals surface area contributed by atoms with Crippen molar-refractivity contribution in [2.75, 3.05) is 54.1 Å². The Labute approximate surface area is 196 Å². The summed E-state index contributed by atoms with van der Waals surface area (Å²) in [4.78, 5) is 29.2. The zero-order valence-electron chi connectivity index (χ0n) is 21.1. The lowest BCUT2D eigenvalue weighted by Gasteiger charge is -2.36. The van der Waals surface area contributed by atoms with Gasteiger partial charge in [0.15, 0.2) is 11.5 Å². The molecule has 1 saturated heterocycles. The molecule has 1 aliphatic rings. The molecule has 2 rings (SSSR count). The predicted molar refractivity (Wildman–Crippen MR) is 125 cm³/mol. The standard InChI is InChI=1S/C24H38N2O7/c1-16(2)9-14-32-19-17(15-18(29-6)20(30-7)21(19)31-8)22(27)25-10-12-26(13-11-25)23(28)33-24(3,4)5/h15-16H,9-14H2,1-8H3. The molecular weight excluding hydrogens is 428 g/mol. The van der Waals surface area contributed by atoms with Gasteiger partial charge in [-0.1, -0.05) is 13.8 Å². The van der Waals surface area contributed by atoms with E-state index in [9.17, 15) is 9.59 Å². The van der Waals surface area contributed by atoms with Crippen molar-refractivity contribution in [2.45, 2.75) is 46.6 Å². The van der Waals surface area contributed by atoms with Crippen molar-refractivity contribution >= 4 is 12.0 Å². The molecular formula is C24H38N2O7. The van der Waals surface area contributed by atoms with Crippen LogP contribution in [-0.4, -0.2) is 81.5 Å². The van der Waals surface area contributed by atoms with Crippen LogP contribution in [0.15, 0.2) is 6.07 Å². The lowest BCUT2D eigenvalue weighted by atomic mass is 10.1. The van der Waals surface area contributed by atoms with E-state index in [4.69, 9.17) is 23.7 Å². The Morgan fingerprint density at radius 3 is 1.97 bits per heavy atom. The lowest BCUT2D eigenvalue weighted by molar-refractivity contribution is 0.0140. The molecule has 1 aromatic carbocycles. The first-order valence-electron chi connectivity index (χ1n) is 11.2. The third-order valence-corrected chi connectivity index (χ3v) is 5.18. The molecule has 1 fully saturated rings. The number of piperazine rings is 1. The molecule has 0 bridgehead atoms. The number of hydrogen-bond donors (Lipinski definition) is 0. The van der Waals surface area contributed by atoms with Crippen LogP contribution in [0.2, 0.25) is 0 Å². The maximum absolute atomic E-state index is 13.5. The summed E-state index contributed by atoms with van der Waals surface area (Å²) in [5, 5.41) is 0. The van der Waals surface area contributed by atoms with Crippen LogP contribution >= 0.6 is 0 Å². The van der Waals surface area contributed by atoms with Crippen molar-refractivity contribution in [2.24, 2.45) is 5.92 Å². The average molecular weight is 467 g/mol. The largest absolute Gasteiger partial charge is 0.493 e. The Kier molecular flexibility index (Phi) is 9.07. The van der Waals surface area contributed by atoms with Crippen LogP contribution in [0.3, 0.4) is 0 Å². The second-order valence-corrected chi connectivity index (χ2v) is 9.31. The van der Waals surface area contributed by atoms with Crippen molar-refractivity contribution < 1.29 is 33.3 Å². The molecule has 2 amide bonds. The van der Waals surface area contributed by atoms with E-state index in [2.05, 4.69) is 13.8 Å². The molecule has 0 atom stereocenters. The number of hydrogen-bond acceptors (Lipinski definition) is 7. The number of carbonyl (C=O) groups is 2. The number of ether oxygens (including phenoxy) is 5. The lowest BCUT2D eigenvalue weighted by Crippen LogP contribution is -2.51. The second-order valence-electron chi connectivity index (χ2n) is 9.31. The summed E-state index contributed by atoms with van der Waals surface area (Å²) < 4.78 is 28.0. The maximum Gasteiger partial charge on any atom is 0.410 e. The zero-order valence-corrected chi connectivity index (χ0v) is 21.1. The van der Waals surface area contributed by atoms with Crippen LogP contribution in [0.4, 0.5) is 4.79 Å². The molecule has 9 nitrogen and oxygen atoms in total. The maximum atomic E-state index is 13.5. The van der Waals surface area contributed by atoms with Crippen LogP contribution in [0, 0.1) is 5.92 Å². The van der Waals surface area contributed by atoms with Gasteiger partial charge in [0.05, 0.1) is 33.5 Å². The molecule has 33 heavy (non-hydrogen) atoms. The molecule has 0 spiro atoms. The molecule has 1 aromatic rings. The minimum Gasteiger partial charge on any atom is -0.493 e. The molecule has 186 valence electrons. The predicted octanol–water partition coefficient (Wildman–Crippen LogP) is 3.83. The highest BCUT2D eigenvalue weighted by Crippen LogP contribution is 2.47. The Hall–Kier alpha value is -2.84. The summed E-state index contributed by atoms with van der Waals surface area (Å²) in [6, 6.07) is 1.62. The SMILES string of the molecule is COc1cc(C(=O)N2CCN(C(=O)OC(C)(C)C)CC2)c(OCCC(C)C)c(OC)c1OC. The highest BCUT2D eigenvalue weighted by Gasteiger charge is 2.32. The molecule has 0 radical (unpaired) electrons. The third-order valence-electron chi connectivity index (χ3n) is 5.18. The molecule has 9 heteroatoms. The third kappa shape index (κ3) is 6.82. The van der Waals surface area contributed by atoms with Gasteiger partial charge in [0.25, 0.3) is 5.91 Å². The summed E-state index contributed by atoms with van der Waals surface area (Å²) in [5.74, 6) is 1.60. The second kappa shape index (κ2) is 11.3. The minimum absolute atomic E-state index is 0.224. The molecule has 1 heterocycles. The first-order chi connectivity index (χ1) is 15.5. The number of rotatable bonds is 8. The normalized spacial score (nSPS) is 14.2. The van der Waals surface area contributed by atoms with Gasteiger partial charge in [-0.05, 0) is 33.1 Å². The van der Waals surface area contributed by atoms with Crippen LogP contribution in [0.25, 0.3) is 0 Å². The van der Waals surface area contributed by atoms with E-state index in [1.54, 1.807) is 15.9 Å². The van der Waals surface area contributed by atoms with E-state index in [1.807, 2.05) is 20.8 Å². The highest BCUT2D eigenvalue weighted by molar-refractivity contribution is 5.99. The summed E-state index contributed by atoms with van der Waals surface area (Å²) >= 11 is 0. The van der Waals surface area contributed by atoms with Gasteiger partial charge in [-0.15, -0.1) is 0 Å². The van der Waals surface area contributed by atoms with E-state index in [0.717, 1.165) is 6.42 Å². The number of benzene rings is 1. The molecule has 0 unspecified atom stereocenters. The fraction of sp³-hybridized carbons (Fsp3) is 0.667. The van der Waals surface area contributed by atoms with Gasteiger partial charge in [0, 0.05) is 32.2 Å². The van der Waals surface area contributed by atoms with Gasteiger partial charge in [0.2, 0.25) is 11.5 Å². The number of nitrogens with zero attached hydrogens (tertiary/aromatic N) is 2. The van der Waals surface area contributed by atoms with Crippen molar-refractivity contribution in [3.63, 3.8) is 0 Å². The average Bonchev–Trinajstić information content (AvgIpc) is 2.76. The Morgan fingerprint density at radius 1 is 0.909 bits per heavy atom. The van der Waals surface area contributed by atoms with Crippen LogP contribution in [0.1, 0.15) is 51.4 Å². The van der Waals surface area contributed by atoms with E-state index < -0.39 is 5.60 Å². The molecule has 0 aliphatic carbocycles. The molecule has 0 N–H and O–H groups in total. The summed E-state index contributed by atoms with van der Waals surface area (Å²) in [6.07, 6.45) is 0.444. The van der Waals surface area contributed by atoms with Gasteiger partial charge in [-0.2, -0.15) is 0 Å². The Bertz CT molecular complexity index is 825. The quantitative estimate of drug-likeness (QED) is 0.575. The van der Waals surface area contributed by atoms with Gasteiger partial charge in [0.1, 0.15) is 5.60 Å². The summed E-state index contributed by atoms with van der Waals surface area (Å²) in [6.45, 7) is 11.6. The van der Waals surface area contributed by atoms with Crippen LogP contribution < -0.4 is 18.9 Å². The first-order valence-corrected chi connectivity index (χ1v) is 11.2. The van der Waals surface area contributed by atoms with Crippen LogP contribution in [-0.2, 0) is 4.74 Å². The van der Waals surface area contributed by atoms with Gasteiger partial charge in [-0.3, -0.25) is 4.79 Å². The molecule has 0 aromatic heterocycles. The van der Waals surface area contributed by atoms with E-state index in [1.165, 1.54) is 21.3 Å². The topological polar surface area (TPSA) is 86.8 Å². The zero-order chi connectivity index (χ0) is 24.8. The van der Waals surface area contributed by atoms with Gasteiger partial charge < -0.3 is 33.5 Å². The van der Waals surface area contributed by atoms with E-state index >= 15 is 0 Å². The van der Waals surface area contributed by atoms with Crippen molar-refractivity contribution in [1.29, 1.82) is 0 Å². The fourth-order valence-corrected chi connectivity index (χ4v) is 3.42. The first kappa shape index (κ1) is 26.4. The number of methoxy groups -OCH3 is 3. The van der Waals surface area contributed by atoms with Crippen LogP contribution in [0.5, 0.6) is 23.0 Å². The smallest absolute Gasteiger partial charge is 0.410 e. The molecule has 0 saturated carbocycles. The van der Waals surface area contributed by atoms with E-state index in [-0.39, 0.29) is 12.0 Å². The van der Waals surface area contributed by atoms with Crippen molar-refractivity contribution in [3.05, 3.63) is 11.6 Å². The van der Waals surface area contributed by atoms with Crippen molar-refractivity contribution in [1.82, 2.24) is 9.80 Å². The summed E-state index contributed by atoms with van der Waals surface area (Å²) in [7, 11) is 4.51. The van der Waals surface area contributed by atoms with Gasteiger partial charge >= 0.3 is 6.09 Å².